The lowest BCUT2D eigenvalue weighted by molar-refractivity contribution is 0.0674. The zero-order valence-electron chi connectivity index (χ0n) is 11.9. The number of ether oxygens (including phenoxy) is 1. The molecule has 5 heteroatoms. The molecule has 2 heterocycles. The molecule has 0 bridgehead atoms. The Morgan fingerprint density at radius 3 is 2.67 bits per heavy atom. The van der Waals surface area contributed by atoms with Gasteiger partial charge in [0.25, 0.3) is 0 Å². The van der Waals surface area contributed by atoms with Crippen LogP contribution >= 0.6 is 0 Å². The van der Waals surface area contributed by atoms with E-state index in [1.54, 1.807) is 0 Å². The minimum atomic E-state index is 0.121. The predicted octanol–water partition coefficient (Wildman–Crippen LogP) is 0.757. The molecular weight excluding hydrogens is 230 g/mol. The van der Waals surface area contributed by atoms with Gasteiger partial charge in [-0.2, -0.15) is 0 Å². The highest BCUT2D eigenvalue weighted by Crippen LogP contribution is 2.29. The first kappa shape index (κ1) is 13.6. The number of nitrogens with zero attached hydrogens (tertiary/aromatic N) is 2. The minimum absolute atomic E-state index is 0.121. The lowest BCUT2D eigenvalue weighted by Crippen LogP contribution is -2.49. The molecule has 0 saturated carbocycles. The van der Waals surface area contributed by atoms with Crippen LogP contribution in [0.1, 0.15) is 20.8 Å². The molecule has 2 aliphatic heterocycles. The van der Waals surface area contributed by atoms with Crippen LogP contribution in [0.3, 0.4) is 0 Å². The van der Waals surface area contributed by atoms with Gasteiger partial charge in [-0.15, -0.1) is 0 Å². The third-order valence-electron chi connectivity index (χ3n) is 3.87. The first-order valence-corrected chi connectivity index (χ1v) is 6.72. The molecule has 18 heavy (non-hydrogen) atoms. The Balaban J connectivity index is 1.96. The molecule has 1 N–H and O–H groups in total. The van der Waals surface area contributed by atoms with Crippen LogP contribution in [0.15, 0.2) is 0 Å². The summed E-state index contributed by atoms with van der Waals surface area (Å²) < 4.78 is 5.43. The van der Waals surface area contributed by atoms with Gasteiger partial charge in [-0.25, -0.2) is 4.79 Å². The molecule has 0 spiro atoms. The van der Waals surface area contributed by atoms with E-state index in [9.17, 15) is 4.79 Å². The second-order valence-electron chi connectivity index (χ2n) is 6.41. The number of urea groups is 1. The van der Waals surface area contributed by atoms with Crippen LogP contribution in [0.25, 0.3) is 0 Å². The first-order chi connectivity index (χ1) is 8.39. The van der Waals surface area contributed by atoms with Crippen molar-refractivity contribution in [3.05, 3.63) is 0 Å². The van der Waals surface area contributed by atoms with E-state index in [-0.39, 0.29) is 23.5 Å². The number of morpholine rings is 1. The van der Waals surface area contributed by atoms with Crippen LogP contribution in [0.5, 0.6) is 0 Å². The molecule has 2 aliphatic rings. The van der Waals surface area contributed by atoms with Crippen molar-refractivity contribution in [1.29, 1.82) is 0 Å². The van der Waals surface area contributed by atoms with Gasteiger partial charge in [-0.1, -0.05) is 20.8 Å². The third-order valence-corrected chi connectivity index (χ3v) is 3.87. The normalized spacial score (nSPS) is 30.1. The van der Waals surface area contributed by atoms with E-state index >= 15 is 0 Å². The molecule has 2 atom stereocenters. The van der Waals surface area contributed by atoms with Crippen LogP contribution in [-0.4, -0.2) is 67.8 Å². The van der Waals surface area contributed by atoms with Crippen molar-refractivity contribution in [2.75, 3.05) is 39.9 Å². The maximum absolute atomic E-state index is 12.2. The summed E-state index contributed by atoms with van der Waals surface area (Å²) in [5, 5.41) is 3.40. The Bertz CT molecular complexity index is 308. The maximum Gasteiger partial charge on any atom is 0.320 e. The van der Waals surface area contributed by atoms with E-state index in [2.05, 4.69) is 26.1 Å². The molecule has 0 radical (unpaired) electrons. The van der Waals surface area contributed by atoms with E-state index in [1.807, 2.05) is 16.8 Å². The van der Waals surface area contributed by atoms with Crippen LogP contribution in [-0.2, 0) is 4.74 Å². The molecule has 0 aromatic rings. The molecule has 2 amide bonds. The summed E-state index contributed by atoms with van der Waals surface area (Å²) in [5.74, 6) is 0. The number of carbonyl (C=O) groups excluding carboxylic acids is 1. The fourth-order valence-corrected chi connectivity index (χ4v) is 2.78. The average molecular weight is 255 g/mol. The second kappa shape index (κ2) is 5.05. The minimum Gasteiger partial charge on any atom is -0.378 e. The number of carbonyl (C=O) groups is 1. The lowest BCUT2D eigenvalue weighted by atomic mass is 9.86. The summed E-state index contributed by atoms with van der Waals surface area (Å²) >= 11 is 0. The van der Waals surface area contributed by atoms with Gasteiger partial charge in [0.2, 0.25) is 0 Å². The van der Waals surface area contributed by atoms with Crippen molar-refractivity contribution in [3.8, 4) is 0 Å². The first-order valence-electron chi connectivity index (χ1n) is 6.72. The van der Waals surface area contributed by atoms with Gasteiger partial charge in [0, 0.05) is 32.7 Å². The summed E-state index contributed by atoms with van der Waals surface area (Å²) in [6.45, 7) is 10.5. The average Bonchev–Trinajstić information content (AvgIpc) is 2.58. The summed E-state index contributed by atoms with van der Waals surface area (Å²) in [4.78, 5) is 16.0. The SMILES string of the molecule is CN1C(=O)N(CC2COCCN2)CC1C(C)(C)C. The highest BCUT2D eigenvalue weighted by molar-refractivity contribution is 5.77. The van der Waals surface area contributed by atoms with Crippen molar-refractivity contribution < 1.29 is 9.53 Å². The number of rotatable bonds is 2. The Morgan fingerprint density at radius 1 is 1.44 bits per heavy atom. The lowest BCUT2D eigenvalue weighted by Gasteiger charge is -2.31. The number of likely N-dealkylation sites (N-methyl/N-ethyl adjacent to an activating group) is 1. The van der Waals surface area contributed by atoms with E-state index < -0.39 is 0 Å². The molecule has 0 aromatic heterocycles. The van der Waals surface area contributed by atoms with Crippen molar-refractivity contribution >= 4 is 6.03 Å². The summed E-state index contributed by atoms with van der Waals surface area (Å²) in [7, 11) is 1.91. The molecule has 2 fully saturated rings. The van der Waals surface area contributed by atoms with Gasteiger partial charge < -0.3 is 19.9 Å². The molecule has 0 aromatic carbocycles. The van der Waals surface area contributed by atoms with Crippen molar-refractivity contribution in [2.24, 2.45) is 5.41 Å². The predicted molar refractivity (Wildman–Crippen MR) is 70.6 cm³/mol. The monoisotopic (exact) mass is 255 g/mol. The quantitative estimate of drug-likeness (QED) is 0.792. The molecule has 2 unspecified atom stereocenters. The third kappa shape index (κ3) is 2.78. The maximum atomic E-state index is 12.2. The van der Waals surface area contributed by atoms with E-state index in [0.29, 0.717) is 6.61 Å². The highest BCUT2D eigenvalue weighted by Gasteiger charge is 2.41. The Morgan fingerprint density at radius 2 is 2.17 bits per heavy atom. The topological polar surface area (TPSA) is 44.8 Å². The fourth-order valence-electron chi connectivity index (χ4n) is 2.78. The van der Waals surface area contributed by atoms with E-state index in [0.717, 1.165) is 26.2 Å². The Hall–Kier alpha value is -0.810. The summed E-state index contributed by atoms with van der Waals surface area (Å²) in [6.07, 6.45) is 0. The molecule has 104 valence electrons. The van der Waals surface area contributed by atoms with Gasteiger partial charge >= 0.3 is 6.03 Å². The molecular formula is C13H25N3O2. The summed E-state index contributed by atoms with van der Waals surface area (Å²) in [5.41, 5.74) is 0.121. The number of hydrogen-bond acceptors (Lipinski definition) is 3. The zero-order chi connectivity index (χ0) is 13.3. The highest BCUT2D eigenvalue weighted by atomic mass is 16.5. The van der Waals surface area contributed by atoms with E-state index in [1.165, 1.54) is 0 Å². The van der Waals surface area contributed by atoms with Crippen molar-refractivity contribution in [3.63, 3.8) is 0 Å². The van der Waals surface area contributed by atoms with Gasteiger partial charge in [0.05, 0.1) is 19.3 Å². The Kier molecular flexibility index (Phi) is 3.82. The zero-order valence-corrected chi connectivity index (χ0v) is 11.9. The van der Waals surface area contributed by atoms with Gasteiger partial charge in [0.15, 0.2) is 0 Å². The van der Waals surface area contributed by atoms with Crippen LogP contribution in [0.2, 0.25) is 0 Å². The van der Waals surface area contributed by atoms with Gasteiger partial charge in [-0.05, 0) is 5.41 Å². The van der Waals surface area contributed by atoms with Crippen molar-refractivity contribution in [1.82, 2.24) is 15.1 Å². The fraction of sp³-hybridized carbons (Fsp3) is 0.923. The number of nitrogens with one attached hydrogen (secondary N) is 1. The standard InChI is InChI=1S/C13H25N3O2/c1-13(2,3)11-8-16(12(17)15(11)4)7-10-9-18-6-5-14-10/h10-11,14H,5-9H2,1-4H3. The number of hydrogen-bond donors (Lipinski definition) is 1. The molecule has 2 rings (SSSR count). The second-order valence-corrected chi connectivity index (χ2v) is 6.41. The van der Waals surface area contributed by atoms with Crippen LogP contribution < -0.4 is 5.32 Å². The largest absolute Gasteiger partial charge is 0.378 e. The molecule has 2 saturated heterocycles. The number of amides is 2. The molecule has 5 nitrogen and oxygen atoms in total. The van der Waals surface area contributed by atoms with Gasteiger partial charge in [0.1, 0.15) is 0 Å². The van der Waals surface area contributed by atoms with Crippen LogP contribution in [0, 0.1) is 5.41 Å². The Labute approximate surface area is 109 Å². The molecule has 0 aliphatic carbocycles. The summed E-state index contributed by atoms with van der Waals surface area (Å²) in [6, 6.07) is 0.701. The van der Waals surface area contributed by atoms with E-state index in [4.69, 9.17) is 4.74 Å². The van der Waals surface area contributed by atoms with Crippen LogP contribution in [0.4, 0.5) is 4.79 Å². The smallest absolute Gasteiger partial charge is 0.320 e. The van der Waals surface area contributed by atoms with Gasteiger partial charge in [-0.3, -0.25) is 0 Å². The van der Waals surface area contributed by atoms with Crippen molar-refractivity contribution in [2.45, 2.75) is 32.9 Å².